The molecule has 3 nitrogen and oxygen atoms in total. The van der Waals surface area contributed by atoms with Crippen molar-refractivity contribution >= 4 is 55.2 Å². The molecule has 0 N–H and O–H groups in total. The highest BCUT2D eigenvalue weighted by Gasteiger charge is 2.16. The van der Waals surface area contributed by atoms with Gasteiger partial charge in [0.15, 0.2) is 0 Å². The summed E-state index contributed by atoms with van der Waals surface area (Å²) < 4.78 is 4.75. The lowest BCUT2D eigenvalue weighted by atomic mass is 10.0. The summed E-state index contributed by atoms with van der Waals surface area (Å²) in [5.41, 5.74) is 13.3. The first-order chi connectivity index (χ1) is 25.2. The van der Waals surface area contributed by atoms with Crippen molar-refractivity contribution in [2.75, 3.05) is 0 Å². The maximum Gasteiger partial charge on any atom is 0.0710 e. The number of hydrogen-bond donors (Lipinski definition) is 0. The molecule has 0 saturated heterocycles. The van der Waals surface area contributed by atoms with Crippen LogP contribution in [0.25, 0.3) is 88.6 Å². The number of fused-ring (bicyclic) bond motifs is 6. The lowest BCUT2D eigenvalue weighted by molar-refractivity contribution is 1.18. The molecule has 10 rings (SSSR count). The van der Waals surface area contributed by atoms with Gasteiger partial charge in [0.1, 0.15) is 0 Å². The fourth-order valence-electron chi connectivity index (χ4n) is 7.62. The monoisotopic (exact) mass is 671 g/mol. The van der Waals surface area contributed by atoms with Crippen LogP contribution in [0.15, 0.2) is 182 Å². The number of pyridine rings is 1. The standard InChI is InChI=1S/C47H30ClN3/c48-35-24-20-31(21-25-35)42-16-9-17-43(49-42)34-10-8-13-37(28-34)51-44-18-6-4-14-38(44)40-26-22-33(30-47(40)51)32-23-27-46-41(29-32)39-15-5-7-19-45(39)50(46)36-11-2-1-3-12-36/h1-30H. The van der Waals surface area contributed by atoms with Gasteiger partial charge in [-0.05, 0) is 90.0 Å². The highest BCUT2D eigenvalue weighted by molar-refractivity contribution is 6.30. The van der Waals surface area contributed by atoms with E-state index in [-0.39, 0.29) is 0 Å². The van der Waals surface area contributed by atoms with Gasteiger partial charge in [-0.2, -0.15) is 0 Å². The van der Waals surface area contributed by atoms with Gasteiger partial charge in [0, 0.05) is 49.1 Å². The quantitative estimate of drug-likeness (QED) is 0.178. The van der Waals surface area contributed by atoms with Gasteiger partial charge >= 0.3 is 0 Å². The van der Waals surface area contributed by atoms with Crippen LogP contribution in [0.5, 0.6) is 0 Å². The summed E-state index contributed by atoms with van der Waals surface area (Å²) in [5, 5.41) is 5.67. The van der Waals surface area contributed by atoms with Crippen molar-refractivity contribution in [3.63, 3.8) is 0 Å². The van der Waals surface area contributed by atoms with E-state index in [1.807, 2.05) is 30.3 Å². The molecule has 0 radical (unpaired) electrons. The van der Waals surface area contributed by atoms with Crippen LogP contribution in [0.2, 0.25) is 5.02 Å². The maximum absolute atomic E-state index is 6.16. The van der Waals surface area contributed by atoms with Gasteiger partial charge in [-0.25, -0.2) is 4.98 Å². The topological polar surface area (TPSA) is 22.8 Å². The van der Waals surface area contributed by atoms with E-state index in [4.69, 9.17) is 16.6 Å². The number of rotatable bonds is 5. The molecule has 7 aromatic carbocycles. The number of aromatic nitrogens is 3. The van der Waals surface area contributed by atoms with Gasteiger partial charge in [0.2, 0.25) is 0 Å². The van der Waals surface area contributed by atoms with Crippen LogP contribution >= 0.6 is 11.6 Å². The van der Waals surface area contributed by atoms with Gasteiger partial charge in [0.25, 0.3) is 0 Å². The van der Waals surface area contributed by atoms with Crippen LogP contribution < -0.4 is 0 Å². The minimum absolute atomic E-state index is 0.716. The van der Waals surface area contributed by atoms with E-state index in [2.05, 4.69) is 161 Å². The van der Waals surface area contributed by atoms with Crippen LogP contribution in [-0.4, -0.2) is 14.1 Å². The summed E-state index contributed by atoms with van der Waals surface area (Å²) in [7, 11) is 0. The molecule has 0 bridgehead atoms. The molecule has 0 saturated carbocycles. The first-order valence-corrected chi connectivity index (χ1v) is 17.5. The molecule has 0 spiro atoms. The van der Waals surface area contributed by atoms with E-state index in [0.717, 1.165) is 33.9 Å². The van der Waals surface area contributed by atoms with Crippen LogP contribution in [0.1, 0.15) is 0 Å². The number of hydrogen-bond acceptors (Lipinski definition) is 1. The molecular weight excluding hydrogens is 642 g/mol. The molecule has 51 heavy (non-hydrogen) atoms. The molecular formula is C47H30ClN3. The fourth-order valence-corrected chi connectivity index (χ4v) is 7.74. The molecule has 0 aliphatic carbocycles. The largest absolute Gasteiger partial charge is 0.309 e. The van der Waals surface area contributed by atoms with E-state index in [1.165, 1.54) is 54.7 Å². The Kier molecular flexibility index (Phi) is 6.87. The second-order valence-corrected chi connectivity index (χ2v) is 13.4. The molecule has 3 aromatic heterocycles. The SMILES string of the molecule is Clc1ccc(-c2cccc(-c3cccc(-n4c5ccccc5c5ccc(-c6ccc7c(c6)c6ccccc6n7-c6ccccc6)cc54)c3)n2)cc1. The van der Waals surface area contributed by atoms with Crippen molar-refractivity contribution in [3.8, 4) is 45.0 Å². The summed E-state index contributed by atoms with van der Waals surface area (Å²) in [6.07, 6.45) is 0. The summed E-state index contributed by atoms with van der Waals surface area (Å²) in [6.45, 7) is 0. The zero-order chi connectivity index (χ0) is 33.9. The van der Waals surface area contributed by atoms with Crippen molar-refractivity contribution in [1.29, 1.82) is 0 Å². The highest BCUT2D eigenvalue weighted by atomic mass is 35.5. The van der Waals surface area contributed by atoms with Gasteiger partial charge in [0.05, 0.1) is 33.5 Å². The van der Waals surface area contributed by atoms with Gasteiger partial charge in [-0.3, -0.25) is 0 Å². The van der Waals surface area contributed by atoms with Crippen molar-refractivity contribution in [2.45, 2.75) is 0 Å². The third-order valence-electron chi connectivity index (χ3n) is 9.98. The fraction of sp³-hybridized carbons (Fsp3) is 0. The van der Waals surface area contributed by atoms with Crippen molar-refractivity contribution in [3.05, 3.63) is 187 Å². The van der Waals surface area contributed by atoms with Crippen molar-refractivity contribution in [2.24, 2.45) is 0 Å². The molecule has 3 heterocycles. The van der Waals surface area contributed by atoms with E-state index >= 15 is 0 Å². The van der Waals surface area contributed by atoms with Crippen molar-refractivity contribution in [1.82, 2.24) is 14.1 Å². The first-order valence-electron chi connectivity index (χ1n) is 17.2. The van der Waals surface area contributed by atoms with Crippen LogP contribution in [0.4, 0.5) is 0 Å². The second-order valence-electron chi connectivity index (χ2n) is 13.0. The Morgan fingerprint density at radius 3 is 1.67 bits per heavy atom. The van der Waals surface area contributed by atoms with Crippen molar-refractivity contribution < 1.29 is 0 Å². The molecule has 0 unspecified atom stereocenters. The zero-order valence-electron chi connectivity index (χ0n) is 27.5. The highest BCUT2D eigenvalue weighted by Crippen LogP contribution is 2.38. The summed E-state index contributed by atoms with van der Waals surface area (Å²) >= 11 is 6.16. The Hall–Kier alpha value is -6.42. The Labute approximate surface area is 300 Å². The Morgan fingerprint density at radius 1 is 0.333 bits per heavy atom. The van der Waals surface area contributed by atoms with Gasteiger partial charge in [-0.15, -0.1) is 0 Å². The molecule has 0 aliphatic heterocycles. The van der Waals surface area contributed by atoms with E-state index in [0.29, 0.717) is 5.02 Å². The Bertz CT molecular complexity index is 2920. The Balaban J connectivity index is 1.12. The Morgan fingerprint density at radius 2 is 0.882 bits per heavy atom. The molecule has 10 aromatic rings. The third-order valence-corrected chi connectivity index (χ3v) is 10.2. The first kappa shape index (κ1) is 29.5. The third kappa shape index (κ3) is 4.93. The number of benzene rings is 7. The number of halogens is 1. The van der Waals surface area contributed by atoms with E-state index < -0.39 is 0 Å². The summed E-state index contributed by atoms with van der Waals surface area (Å²) in [4.78, 5) is 5.06. The lowest BCUT2D eigenvalue weighted by Gasteiger charge is -2.12. The average Bonchev–Trinajstić information content (AvgIpc) is 3.71. The predicted octanol–water partition coefficient (Wildman–Crippen LogP) is 12.9. The van der Waals surface area contributed by atoms with Crippen LogP contribution in [-0.2, 0) is 0 Å². The minimum atomic E-state index is 0.716. The van der Waals surface area contributed by atoms with Gasteiger partial charge in [-0.1, -0.05) is 115 Å². The van der Waals surface area contributed by atoms with Gasteiger partial charge < -0.3 is 9.13 Å². The van der Waals surface area contributed by atoms with E-state index in [9.17, 15) is 0 Å². The van der Waals surface area contributed by atoms with Crippen LogP contribution in [0.3, 0.4) is 0 Å². The molecule has 0 amide bonds. The maximum atomic E-state index is 6.16. The lowest BCUT2D eigenvalue weighted by Crippen LogP contribution is -1.95. The summed E-state index contributed by atoms with van der Waals surface area (Å²) in [5.74, 6) is 0. The van der Waals surface area contributed by atoms with Crippen LogP contribution in [0, 0.1) is 0 Å². The van der Waals surface area contributed by atoms with E-state index in [1.54, 1.807) is 0 Å². The molecule has 0 fully saturated rings. The molecule has 0 aliphatic rings. The average molecular weight is 672 g/mol. The zero-order valence-corrected chi connectivity index (χ0v) is 28.3. The second kappa shape index (κ2) is 11.9. The smallest absolute Gasteiger partial charge is 0.0710 e. The predicted molar refractivity (Wildman–Crippen MR) is 214 cm³/mol. The normalized spacial score (nSPS) is 11.6. The molecule has 4 heteroatoms. The number of para-hydroxylation sites is 3. The minimum Gasteiger partial charge on any atom is -0.309 e. The molecule has 0 atom stereocenters. The summed E-state index contributed by atoms with van der Waals surface area (Å²) in [6, 6.07) is 64.5. The molecule has 240 valence electrons. The number of nitrogens with zero attached hydrogens (tertiary/aromatic N) is 3.